The van der Waals surface area contributed by atoms with Crippen LogP contribution < -0.4 is 0 Å². The van der Waals surface area contributed by atoms with E-state index in [1.165, 1.54) is 0 Å². The maximum absolute atomic E-state index is 6.85. The van der Waals surface area contributed by atoms with Gasteiger partial charge in [-0.1, -0.05) is 6.58 Å². The van der Waals surface area contributed by atoms with Gasteiger partial charge >= 0.3 is 0 Å². The number of allylic oxidation sites excluding steroid dienone is 1. The van der Waals surface area contributed by atoms with Crippen LogP contribution in [0.3, 0.4) is 0 Å². The zero-order valence-corrected chi connectivity index (χ0v) is 5.23. The van der Waals surface area contributed by atoms with Crippen molar-refractivity contribution in [1.82, 2.24) is 0 Å². The summed E-state index contributed by atoms with van der Waals surface area (Å²) in [6, 6.07) is 0. The molecule has 0 saturated heterocycles. The predicted molar refractivity (Wildman–Crippen MR) is 36.7 cm³/mol. The molecule has 44 valence electrons. The lowest BCUT2D eigenvalue weighted by molar-refractivity contribution is 1.41. The molecule has 0 unspecified atom stereocenters. The van der Waals surface area contributed by atoms with Crippen LogP contribution in [0.5, 0.6) is 0 Å². The molecule has 0 radical (unpaired) electrons. The van der Waals surface area contributed by atoms with E-state index >= 15 is 0 Å². The molecule has 8 heavy (non-hydrogen) atoms. The van der Waals surface area contributed by atoms with Crippen molar-refractivity contribution in [3.8, 4) is 0 Å². The van der Waals surface area contributed by atoms with Gasteiger partial charge in [0, 0.05) is 6.21 Å². The first-order valence-electron chi connectivity index (χ1n) is 2.37. The van der Waals surface area contributed by atoms with Gasteiger partial charge in [-0.2, -0.15) is 0 Å². The van der Waals surface area contributed by atoms with E-state index < -0.39 is 0 Å². The van der Waals surface area contributed by atoms with E-state index in [1.54, 1.807) is 13.1 Å². The van der Waals surface area contributed by atoms with Gasteiger partial charge in [0.05, 0.1) is 0 Å². The van der Waals surface area contributed by atoms with Crippen molar-refractivity contribution in [2.75, 3.05) is 0 Å². The second kappa shape index (κ2) is 3.13. The van der Waals surface area contributed by atoms with Crippen LogP contribution in [-0.2, 0) is 0 Å². The van der Waals surface area contributed by atoms with Crippen LogP contribution in [0.15, 0.2) is 17.1 Å². The van der Waals surface area contributed by atoms with Gasteiger partial charge in [0.2, 0.25) is 0 Å². The third kappa shape index (κ3) is 5.08. The second-order valence-electron chi connectivity index (χ2n) is 1.69. The number of hydrogen-bond acceptors (Lipinski definition) is 1. The van der Waals surface area contributed by atoms with Crippen LogP contribution in [0.1, 0.15) is 13.8 Å². The van der Waals surface area contributed by atoms with Gasteiger partial charge in [0.25, 0.3) is 0 Å². The van der Waals surface area contributed by atoms with E-state index in [0.717, 1.165) is 5.57 Å². The lowest BCUT2D eigenvalue weighted by Gasteiger charge is -1.82. The van der Waals surface area contributed by atoms with E-state index in [9.17, 15) is 0 Å². The summed E-state index contributed by atoms with van der Waals surface area (Å²) in [5.41, 5.74) is 0.872. The first-order valence-corrected chi connectivity index (χ1v) is 2.37. The minimum absolute atomic E-state index is 0.313. The maximum atomic E-state index is 6.85. The molecule has 0 aromatic heterocycles. The second-order valence-corrected chi connectivity index (χ2v) is 1.69. The largest absolute Gasteiger partial charge is 0.287 e. The van der Waals surface area contributed by atoms with Crippen LogP contribution in [0.25, 0.3) is 0 Å². The van der Waals surface area contributed by atoms with E-state index in [-0.39, 0.29) is 0 Å². The molecule has 0 rings (SSSR count). The predicted octanol–water partition coefficient (Wildman–Crippen LogP) is 1.63. The lowest BCUT2D eigenvalue weighted by Crippen LogP contribution is -1.82. The molecule has 0 aromatic carbocycles. The molecule has 1 N–H and O–H groups in total. The molecule has 0 saturated carbocycles. The summed E-state index contributed by atoms with van der Waals surface area (Å²) >= 11 is 0. The van der Waals surface area contributed by atoms with Crippen LogP contribution >= 0.6 is 0 Å². The number of hydrogen-bond donors (Lipinski definition) is 1. The Morgan fingerprint density at radius 2 is 2.12 bits per heavy atom. The Kier molecular flexibility index (Phi) is 2.77. The molecule has 0 aliphatic rings. The van der Waals surface area contributed by atoms with E-state index in [1.807, 2.05) is 6.92 Å². The van der Waals surface area contributed by atoms with Gasteiger partial charge in [-0.15, -0.1) is 0 Å². The first kappa shape index (κ1) is 7.08. The number of aliphatic imine (C=N–C) groups is 1. The summed E-state index contributed by atoms with van der Waals surface area (Å²) in [5.74, 6) is 0.313. The Bertz CT molecular complexity index is 117. The average molecular weight is 110 g/mol. The molecule has 0 atom stereocenters. The molecule has 2 nitrogen and oxygen atoms in total. The average Bonchev–Trinajstić information content (AvgIpc) is 1.61. The third-order valence-electron chi connectivity index (χ3n) is 0.479. The normalized spacial score (nSPS) is 9.75. The number of nitrogens with zero attached hydrogens (tertiary/aromatic N) is 1. The monoisotopic (exact) mass is 110 g/mol. The fourth-order valence-corrected chi connectivity index (χ4v) is 0.207. The molecule has 0 aliphatic heterocycles. The van der Waals surface area contributed by atoms with Gasteiger partial charge in [-0.3, -0.25) is 5.41 Å². The molecular formula is C6H10N2. The standard InChI is InChI=1S/C6H10N2/c1-5(2)4-8-6(3)7/h4,7H,1H2,2-3H3/b7-6?,8-4-. The summed E-state index contributed by atoms with van der Waals surface area (Å²) in [6.45, 7) is 7.05. The number of amidine groups is 1. The highest BCUT2D eigenvalue weighted by Gasteiger charge is 1.75. The van der Waals surface area contributed by atoms with Crippen molar-refractivity contribution in [3.63, 3.8) is 0 Å². The Balaban J connectivity index is 3.67. The minimum Gasteiger partial charge on any atom is -0.287 e. The van der Waals surface area contributed by atoms with Gasteiger partial charge in [-0.25, -0.2) is 4.99 Å². The van der Waals surface area contributed by atoms with Gasteiger partial charge in [0.15, 0.2) is 0 Å². The van der Waals surface area contributed by atoms with Gasteiger partial charge in [-0.05, 0) is 19.4 Å². The minimum atomic E-state index is 0.313. The van der Waals surface area contributed by atoms with Crippen molar-refractivity contribution < 1.29 is 0 Å². The molecule has 2 heteroatoms. The van der Waals surface area contributed by atoms with Crippen molar-refractivity contribution in [3.05, 3.63) is 12.2 Å². The molecule has 0 bridgehead atoms. The maximum Gasteiger partial charge on any atom is 0.117 e. The van der Waals surface area contributed by atoms with Crippen LogP contribution in [0, 0.1) is 5.41 Å². The van der Waals surface area contributed by atoms with Crippen molar-refractivity contribution in [2.45, 2.75) is 13.8 Å². The molecule has 0 aromatic rings. The highest BCUT2D eigenvalue weighted by molar-refractivity contribution is 5.90. The van der Waals surface area contributed by atoms with Crippen LogP contribution in [0.2, 0.25) is 0 Å². The SMILES string of the molecule is C=C(C)/C=N\C(C)=N. The molecule has 0 spiro atoms. The van der Waals surface area contributed by atoms with Crippen LogP contribution in [-0.4, -0.2) is 12.1 Å². The fourth-order valence-electron chi connectivity index (χ4n) is 0.207. The van der Waals surface area contributed by atoms with Gasteiger partial charge in [0.1, 0.15) is 5.84 Å². The third-order valence-corrected chi connectivity index (χ3v) is 0.479. The van der Waals surface area contributed by atoms with Crippen LogP contribution in [0.4, 0.5) is 0 Å². The molecule has 0 heterocycles. The Hall–Kier alpha value is -0.920. The summed E-state index contributed by atoms with van der Waals surface area (Å²) in [7, 11) is 0. The molecular weight excluding hydrogens is 100 g/mol. The van der Waals surface area contributed by atoms with Crippen molar-refractivity contribution in [1.29, 1.82) is 5.41 Å². The highest BCUT2D eigenvalue weighted by atomic mass is 14.8. The smallest absolute Gasteiger partial charge is 0.117 e. The van der Waals surface area contributed by atoms with E-state index in [2.05, 4.69) is 11.6 Å². The quantitative estimate of drug-likeness (QED) is 0.393. The molecule has 0 amide bonds. The highest BCUT2D eigenvalue weighted by Crippen LogP contribution is 1.79. The van der Waals surface area contributed by atoms with E-state index in [0.29, 0.717) is 5.84 Å². The Morgan fingerprint density at radius 3 is 2.25 bits per heavy atom. The zero-order valence-electron chi connectivity index (χ0n) is 5.23. The van der Waals surface area contributed by atoms with Gasteiger partial charge < -0.3 is 0 Å². The Morgan fingerprint density at radius 1 is 1.62 bits per heavy atom. The zero-order chi connectivity index (χ0) is 6.57. The Labute approximate surface area is 49.5 Å². The van der Waals surface area contributed by atoms with Crippen molar-refractivity contribution in [2.24, 2.45) is 4.99 Å². The summed E-state index contributed by atoms with van der Waals surface area (Å²) in [4.78, 5) is 3.68. The molecule has 0 fully saturated rings. The lowest BCUT2D eigenvalue weighted by atomic mass is 10.4. The fraction of sp³-hybridized carbons (Fsp3) is 0.333. The van der Waals surface area contributed by atoms with E-state index in [4.69, 9.17) is 5.41 Å². The number of nitrogens with one attached hydrogen (secondary N) is 1. The summed E-state index contributed by atoms with van der Waals surface area (Å²) in [6.07, 6.45) is 1.57. The van der Waals surface area contributed by atoms with Crippen molar-refractivity contribution >= 4 is 12.1 Å². The molecule has 0 aliphatic carbocycles. The number of rotatable bonds is 1. The first-order chi connectivity index (χ1) is 3.63. The summed E-state index contributed by atoms with van der Waals surface area (Å²) < 4.78 is 0. The summed E-state index contributed by atoms with van der Waals surface area (Å²) in [5, 5.41) is 6.85. The topological polar surface area (TPSA) is 36.2 Å².